The molecule has 0 amide bonds. The normalized spacial score (nSPS) is 29.0. The van der Waals surface area contributed by atoms with Crippen molar-refractivity contribution in [1.29, 1.82) is 0 Å². The first-order chi connectivity index (χ1) is 5.20. The molecular formula is C9H18N2. The summed E-state index contributed by atoms with van der Waals surface area (Å²) >= 11 is 0. The van der Waals surface area contributed by atoms with Crippen molar-refractivity contribution in [2.45, 2.75) is 32.6 Å². The lowest BCUT2D eigenvalue weighted by Crippen LogP contribution is -2.19. The summed E-state index contributed by atoms with van der Waals surface area (Å²) in [6.45, 7) is 2.28. The van der Waals surface area contributed by atoms with Crippen LogP contribution in [0.5, 0.6) is 0 Å². The van der Waals surface area contributed by atoms with Crippen molar-refractivity contribution >= 4 is 5.71 Å². The molecule has 0 radical (unpaired) electrons. The fourth-order valence-corrected chi connectivity index (χ4v) is 1.58. The van der Waals surface area contributed by atoms with Gasteiger partial charge in [0.15, 0.2) is 0 Å². The number of hydrogen-bond acceptors (Lipinski definition) is 2. The SMILES string of the molecule is C[C@H]1CCCC/C1=N\N(C)C. The van der Waals surface area contributed by atoms with Gasteiger partial charge in [0.25, 0.3) is 0 Å². The summed E-state index contributed by atoms with van der Waals surface area (Å²) in [6.07, 6.45) is 5.25. The molecule has 0 aliphatic heterocycles. The molecule has 1 aliphatic rings. The first-order valence-corrected chi connectivity index (χ1v) is 4.45. The van der Waals surface area contributed by atoms with E-state index in [4.69, 9.17) is 0 Å². The van der Waals surface area contributed by atoms with Gasteiger partial charge in [0, 0.05) is 19.8 Å². The third-order valence-corrected chi connectivity index (χ3v) is 2.22. The number of hydrazone groups is 1. The molecule has 0 unspecified atom stereocenters. The van der Waals surface area contributed by atoms with Gasteiger partial charge in [-0.3, -0.25) is 0 Å². The first kappa shape index (κ1) is 8.57. The van der Waals surface area contributed by atoms with Crippen LogP contribution >= 0.6 is 0 Å². The zero-order chi connectivity index (χ0) is 8.27. The molecule has 1 saturated carbocycles. The third-order valence-electron chi connectivity index (χ3n) is 2.22. The molecule has 0 bridgehead atoms. The first-order valence-electron chi connectivity index (χ1n) is 4.45. The van der Waals surface area contributed by atoms with Crippen molar-refractivity contribution < 1.29 is 0 Å². The molecule has 0 aromatic carbocycles. The second-order valence-electron chi connectivity index (χ2n) is 3.59. The molecule has 1 fully saturated rings. The molecule has 0 aromatic heterocycles. The summed E-state index contributed by atoms with van der Waals surface area (Å²) in [5, 5.41) is 6.38. The second-order valence-corrected chi connectivity index (χ2v) is 3.59. The molecule has 0 spiro atoms. The van der Waals surface area contributed by atoms with Crippen molar-refractivity contribution in [2.24, 2.45) is 11.0 Å². The van der Waals surface area contributed by atoms with Gasteiger partial charge in [0.2, 0.25) is 0 Å². The van der Waals surface area contributed by atoms with Crippen LogP contribution in [0.25, 0.3) is 0 Å². The molecular weight excluding hydrogens is 136 g/mol. The fraction of sp³-hybridized carbons (Fsp3) is 0.889. The predicted molar refractivity (Wildman–Crippen MR) is 48.8 cm³/mol. The second kappa shape index (κ2) is 3.74. The molecule has 0 N–H and O–H groups in total. The van der Waals surface area contributed by atoms with Crippen molar-refractivity contribution in [3.63, 3.8) is 0 Å². The number of hydrogen-bond donors (Lipinski definition) is 0. The van der Waals surface area contributed by atoms with Crippen molar-refractivity contribution in [2.75, 3.05) is 14.1 Å². The van der Waals surface area contributed by atoms with E-state index in [0.29, 0.717) is 5.92 Å². The molecule has 1 aliphatic carbocycles. The van der Waals surface area contributed by atoms with E-state index in [-0.39, 0.29) is 0 Å². The van der Waals surface area contributed by atoms with Gasteiger partial charge in [-0.15, -0.1) is 0 Å². The minimum absolute atomic E-state index is 0.714. The molecule has 2 nitrogen and oxygen atoms in total. The Bertz CT molecular complexity index is 150. The monoisotopic (exact) mass is 154 g/mol. The summed E-state index contributed by atoms with van der Waals surface area (Å²) in [4.78, 5) is 0. The van der Waals surface area contributed by atoms with Crippen molar-refractivity contribution in [1.82, 2.24) is 5.01 Å². The van der Waals surface area contributed by atoms with E-state index < -0.39 is 0 Å². The van der Waals surface area contributed by atoms with Crippen LogP contribution in [-0.4, -0.2) is 24.8 Å². The Morgan fingerprint density at radius 3 is 2.64 bits per heavy atom. The van der Waals surface area contributed by atoms with Crippen LogP contribution in [-0.2, 0) is 0 Å². The van der Waals surface area contributed by atoms with E-state index in [2.05, 4.69) is 12.0 Å². The van der Waals surface area contributed by atoms with Gasteiger partial charge in [0.05, 0.1) is 0 Å². The van der Waals surface area contributed by atoms with Crippen LogP contribution in [0, 0.1) is 5.92 Å². The van der Waals surface area contributed by atoms with E-state index in [0.717, 1.165) is 0 Å². The molecule has 64 valence electrons. The smallest absolute Gasteiger partial charge is 0.0408 e. The quantitative estimate of drug-likeness (QED) is 0.528. The van der Waals surface area contributed by atoms with Crippen LogP contribution in [0.3, 0.4) is 0 Å². The van der Waals surface area contributed by atoms with E-state index in [1.54, 1.807) is 0 Å². The van der Waals surface area contributed by atoms with Gasteiger partial charge in [-0.1, -0.05) is 13.3 Å². The van der Waals surface area contributed by atoms with Gasteiger partial charge in [0.1, 0.15) is 0 Å². The van der Waals surface area contributed by atoms with Crippen molar-refractivity contribution in [3.05, 3.63) is 0 Å². The summed E-state index contributed by atoms with van der Waals surface area (Å²) in [5.41, 5.74) is 1.39. The van der Waals surface area contributed by atoms with Crippen LogP contribution in [0.4, 0.5) is 0 Å². The maximum atomic E-state index is 4.47. The third kappa shape index (κ3) is 2.52. The maximum absolute atomic E-state index is 4.47. The Morgan fingerprint density at radius 2 is 2.09 bits per heavy atom. The standard InChI is InChI=1S/C9H18N2/c1-8-6-4-5-7-9(8)10-11(2)3/h8H,4-7H2,1-3H3/b10-9+/t8-/m0/s1. The molecule has 11 heavy (non-hydrogen) atoms. The minimum atomic E-state index is 0.714. The van der Waals surface area contributed by atoms with Gasteiger partial charge in [-0.2, -0.15) is 5.10 Å². The maximum Gasteiger partial charge on any atom is 0.0408 e. The zero-order valence-electron chi connectivity index (χ0n) is 7.80. The van der Waals surface area contributed by atoms with Gasteiger partial charge < -0.3 is 5.01 Å². The number of rotatable bonds is 1. The summed E-state index contributed by atoms with van der Waals surface area (Å²) in [7, 11) is 3.99. The summed E-state index contributed by atoms with van der Waals surface area (Å²) in [5.74, 6) is 0.714. The van der Waals surface area contributed by atoms with E-state index in [9.17, 15) is 0 Å². The van der Waals surface area contributed by atoms with Crippen LogP contribution < -0.4 is 0 Å². The van der Waals surface area contributed by atoms with Crippen molar-refractivity contribution in [3.8, 4) is 0 Å². The topological polar surface area (TPSA) is 15.6 Å². The summed E-state index contributed by atoms with van der Waals surface area (Å²) in [6, 6.07) is 0. The molecule has 1 rings (SSSR count). The Kier molecular flexibility index (Phi) is 2.92. The fourth-order valence-electron chi connectivity index (χ4n) is 1.58. The molecule has 0 aromatic rings. The Balaban J connectivity index is 2.53. The molecule has 0 saturated heterocycles. The Morgan fingerprint density at radius 1 is 1.36 bits per heavy atom. The Hall–Kier alpha value is -0.530. The lowest BCUT2D eigenvalue weighted by atomic mass is 9.89. The largest absolute Gasteiger partial charge is 0.303 e. The van der Waals surface area contributed by atoms with Crippen LogP contribution in [0.1, 0.15) is 32.6 Å². The van der Waals surface area contributed by atoms with Gasteiger partial charge in [-0.05, 0) is 25.2 Å². The average molecular weight is 154 g/mol. The van der Waals surface area contributed by atoms with E-state index in [1.165, 1.54) is 31.4 Å². The number of nitrogens with zero attached hydrogens (tertiary/aromatic N) is 2. The van der Waals surface area contributed by atoms with Gasteiger partial charge >= 0.3 is 0 Å². The molecule has 1 atom stereocenters. The van der Waals surface area contributed by atoms with Crippen LogP contribution in [0.15, 0.2) is 5.10 Å². The Labute approximate surface area is 69.3 Å². The van der Waals surface area contributed by atoms with Crippen LogP contribution in [0.2, 0.25) is 0 Å². The van der Waals surface area contributed by atoms with E-state index >= 15 is 0 Å². The highest BCUT2D eigenvalue weighted by molar-refractivity contribution is 5.86. The lowest BCUT2D eigenvalue weighted by Gasteiger charge is -2.21. The predicted octanol–water partition coefficient (Wildman–Crippen LogP) is 2.11. The average Bonchev–Trinajstić information content (AvgIpc) is 1.93. The minimum Gasteiger partial charge on any atom is -0.303 e. The van der Waals surface area contributed by atoms with E-state index in [1.807, 2.05) is 19.1 Å². The summed E-state index contributed by atoms with van der Waals surface area (Å²) < 4.78 is 0. The molecule has 0 heterocycles. The highest BCUT2D eigenvalue weighted by atomic mass is 15.4. The lowest BCUT2D eigenvalue weighted by molar-refractivity contribution is 0.422. The molecule has 2 heteroatoms. The zero-order valence-corrected chi connectivity index (χ0v) is 7.80. The van der Waals surface area contributed by atoms with Gasteiger partial charge in [-0.25, -0.2) is 0 Å². The highest BCUT2D eigenvalue weighted by Crippen LogP contribution is 2.21. The highest BCUT2D eigenvalue weighted by Gasteiger charge is 2.15.